The van der Waals surface area contributed by atoms with E-state index >= 15 is 0 Å². The summed E-state index contributed by atoms with van der Waals surface area (Å²) in [6.07, 6.45) is 8.78. The Hall–Kier alpha value is -0.560. The maximum absolute atomic E-state index is 5.87. The molecule has 3 heteroatoms. The Morgan fingerprint density at radius 1 is 1.47 bits per heavy atom. The topological polar surface area (TPSA) is 24.5 Å². The third kappa shape index (κ3) is 5.08. The van der Waals surface area contributed by atoms with E-state index < -0.39 is 0 Å². The van der Waals surface area contributed by atoms with Crippen molar-refractivity contribution in [1.82, 2.24) is 10.2 Å². The van der Waals surface area contributed by atoms with Crippen molar-refractivity contribution in [2.75, 3.05) is 32.8 Å². The van der Waals surface area contributed by atoms with Crippen LogP contribution >= 0.6 is 0 Å². The lowest BCUT2D eigenvalue weighted by atomic mass is 10.1. The maximum atomic E-state index is 5.87. The molecule has 2 unspecified atom stereocenters. The van der Waals surface area contributed by atoms with E-state index in [1.807, 2.05) is 0 Å². The first-order chi connectivity index (χ1) is 8.31. The van der Waals surface area contributed by atoms with Gasteiger partial charge in [-0.25, -0.2) is 0 Å². The van der Waals surface area contributed by atoms with E-state index in [9.17, 15) is 0 Å². The molecule has 0 amide bonds. The van der Waals surface area contributed by atoms with Crippen molar-refractivity contribution in [2.24, 2.45) is 0 Å². The summed E-state index contributed by atoms with van der Waals surface area (Å²) in [6.45, 7) is 9.47. The van der Waals surface area contributed by atoms with E-state index in [1.165, 1.54) is 6.42 Å². The molecule has 98 valence electrons. The van der Waals surface area contributed by atoms with Gasteiger partial charge in [0.25, 0.3) is 0 Å². The van der Waals surface area contributed by atoms with Gasteiger partial charge < -0.3 is 10.1 Å². The quantitative estimate of drug-likeness (QED) is 0.680. The van der Waals surface area contributed by atoms with Gasteiger partial charge in [0.15, 0.2) is 0 Å². The predicted molar refractivity (Wildman–Crippen MR) is 72.0 cm³/mol. The van der Waals surface area contributed by atoms with Gasteiger partial charge in [-0.2, -0.15) is 0 Å². The highest BCUT2D eigenvalue weighted by Gasteiger charge is 2.26. The fraction of sp³-hybridized carbons (Fsp3) is 0.857. The first-order valence-corrected chi connectivity index (χ1v) is 6.82. The van der Waals surface area contributed by atoms with Crippen molar-refractivity contribution < 1.29 is 4.74 Å². The second-order valence-electron chi connectivity index (χ2n) is 4.68. The van der Waals surface area contributed by atoms with Gasteiger partial charge in [0, 0.05) is 25.6 Å². The fourth-order valence-electron chi connectivity index (χ4n) is 2.29. The summed E-state index contributed by atoms with van der Waals surface area (Å²) in [7, 11) is 0. The molecule has 0 aromatic rings. The van der Waals surface area contributed by atoms with E-state index in [0.717, 1.165) is 45.6 Å². The second-order valence-corrected chi connectivity index (χ2v) is 4.68. The Morgan fingerprint density at radius 3 is 2.94 bits per heavy atom. The SMILES string of the molecule is C#CCC(NCCC)C1CN(CCC)CCO1. The van der Waals surface area contributed by atoms with Crippen molar-refractivity contribution in [2.45, 2.75) is 45.3 Å². The highest BCUT2D eigenvalue weighted by molar-refractivity contribution is 4.94. The number of rotatable bonds is 7. The molecule has 1 saturated heterocycles. The summed E-state index contributed by atoms with van der Waals surface area (Å²) >= 11 is 0. The van der Waals surface area contributed by atoms with Crippen LogP contribution in [0, 0.1) is 12.3 Å². The Morgan fingerprint density at radius 2 is 2.29 bits per heavy atom. The minimum atomic E-state index is 0.248. The molecule has 1 heterocycles. The lowest BCUT2D eigenvalue weighted by Gasteiger charge is -2.36. The number of ether oxygens (including phenoxy) is 1. The molecule has 0 aliphatic carbocycles. The molecule has 0 bridgehead atoms. The third-order valence-electron chi connectivity index (χ3n) is 3.16. The molecular weight excluding hydrogens is 212 g/mol. The standard InChI is InChI=1S/C14H26N2O/c1-4-7-13(15-8-5-2)14-12-16(9-6-3)10-11-17-14/h1,13-15H,5-12H2,2-3H3. The van der Waals surface area contributed by atoms with Crippen LogP contribution in [0.5, 0.6) is 0 Å². The highest BCUT2D eigenvalue weighted by Crippen LogP contribution is 2.11. The summed E-state index contributed by atoms with van der Waals surface area (Å²) < 4.78 is 5.87. The van der Waals surface area contributed by atoms with Crippen molar-refractivity contribution in [3.05, 3.63) is 0 Å². The molecular formula is C14H26N2O. The Balaban J connectivity index is 2.45. The maximum Gasteiger partial charge on any atom is 0.0864 e. The zero-order valence-electron chi connectivity index (χ0n) is 11.2. The van der Waals surface area contributed by atoms with Gasteiger partial charge in [0.1, 0.15) is 0 Å². The van der Waals surface area contributed by atoms with E-state index in [2.05, 4.69) is 30.0 Å². The summed E-state index contributed by atoms with van der Waals surface area (Å²) in [5.41, 5.74) is 0. The average Bonchev–Trinajstić information content (AvgIpc) is 2.35. The normalized spacial score (nSPS) is 23.2. The van der Waals surface area contributed by atoms with Crippen molar-refractivity contribution in [3.63, 3.8) is 0 Å². The summed E-state index contributed by atoms with van der Waals surface area (Å²) in [5.74, 6) is 2.76. The van der Waals surface area contributed by atoms with Gasteiger partial charge in [-0.1, -0.05) is 13.8 Å². The molecule has 0 aromatic carbocycles. The number of morpholine rings is 1. The highest BCUT2D eigenvalue weighted by atomic mass is 16.5. The average molecular weight is 238 g/mol. The van der Waals surface area contributed by atoms with E-state index in [4.69, 9.17) is 11.2 Å². The van der Waals surface area contributed by atoms with E-state index in [-0.39, 0.29) is 6.10 Å². The van der Waals surface area contributed by atoms with Crippen LogP contribution in [-0.4, -0.2) is 49.8 Å². The van der Waals surface area contributed by atoms with Crippen LogP contribution in [0.2, 0.25) is 0 Å². The first-order valence-electron chi connectivity index (χ1n) is 6.82. The minimum Gasteiger partial charge on any atom is -0.374 e. The van der Waals surface area contributed by atoms with Crippen LogP contribution in [0.3, 0.4) is 0 Å². The summed E-state index contributed by atoms with van der Waals surface area (Å²) in [4.78, 5) is 2.48. The zero-order valence-corrected chi connectivity index (χ0v) is 11.2. The van der Waals surface area contributed by atoms with Gasteiger partial charge in [0.2, 0.25) is 0 Å². The Bertz CT molecular complexity index is 235. The lowest BCUT2D eigenvalue weighted by Crippen LogP contribution is -2.52. The van der Waals surface area contributed by atoms with Crippen LogP contribution in [-0.2, 0) is 4.74 Å². The van der Waals surface area contributed by atoms with Crippen molar-refractivity contribution >= 4 is 0 Å². The van der Waals surface area contributed by atoms with Crippen LogP contribution in [0.25, 0.3) is 0 Å². The number of nitrogens with zero attached hydrogens (tertiary/aromatic N) is 1. The first kappa shape index (κ1) is 14.5. The van der Waals surface area contributed by atoms with E-state index in [1.54, 1.807) is 0 Å². The largest absolute Gasteiger partial charge is 0.374 e. The molecule has 17 heavy (non-hydrogen) atoms. The van der Waals surface area contributed by atoms with Crippen molar-refractivity contribution in [3.8, 4) is 12.3 Å². The fourth-order valence-corrected chi connectivity index (χ4v) is 2.29. The predicted octanol–water partition coefficient (Wildman–Crippen LogP) is 1.49. The molecule has 0 radical (unpaired) electrons. The zero-order chi connectivity index (χ0) is 12.5. The number of nitrogens with one attached hydrogen (secondary N) is 1. The summed E-state index contributed by atoms with van der Waals surface area (Å²) in [5, 5.41) is 3.51. The number of hydrogen-bond acceptors (Lipinski definition) is 3. The molecule has 0 spiro atoms. The molecule has 1 rings (SSSR count). The number of terminal acetylenes is 1. The Labute approximate surface area is 106 Å². The Kier molecular flexibility index (Phi) is 7.27. The molecule has 1 aliphatic rings. The van der Waals surface area contributed by atoms with E-state index in [0.29, 0.717) is 6.04 Å². The smallest absolute Gasteiger partial charge is 0.0864 e. The second kappa shape index (κ2) is 8.52. The van der Waals surface area contributed by atoms with Crippen LogP contribution in [0.1, 0.15) is 33.1 Å². The number of hydrogen-bond donors (Lipinski definition) is 1. The van der Waals surface area contributed by atoms with Gasteiger partial charge in [-0.3, -0.25) is 4.90 Å². The van der Waals surface area contributed by atoms with Gasteiger partial charge >= 0.3 is 0 Å². The summed E-state index contributed by atoms with van der Waals surface area (Å²) in [6, 6.07) is 0.305. The van der Waals surface area contributed by atoms with Crippen molar-refractivity contribution in [1.29, 1.82) is 0 Å². The van der Waals surface area contributed by atoms with Gasteiger partial charge in [-0.05, 0) is 25.9 Å². The molecule has 0 saturated carbocycles. The molecule has 0 aromatic heterocycles. The van der Waals surface area contributed by atoms with Crippen LogP contribution in [0.4, 0.5) is 0 Å². The molecule has 1 N–H and O–H groups in total. The molecule has 1 fully saturated rings. The van der Waals surface area contributed by atoms with Gasteiger partial charge in [-0.15, -0.1) is 12.3 Å². The van der Waals surface area contributed by atoms with Gasteiger partial charge in [0.05, 0.1) is 12.7 Å². The van der Waals surface area contributed by atoms with Crippen LogP contribution in [0.15, 0.2) is 0 Å². The van der Waals surface area contributed by atoms with Crippen LogP contribution < -0.4 is 5.32 Å². The molecule has 3 nitrogen and oxygen atoms in total. The monoisotopic (exact) mass is 238 g/mol. The molecule has 2 atom stereocenters. The molecule has 1 aliphatic heterocycles. The third-order valence-corrected chi connectivity index (χ3v) is 3.16. The minimum absolute atomic E-state index is 0.248. The lowest BCUT2D eigenvalue weighted by molar-refractivity contribution is -0.0454.